The van der Waals surface area contributed by atoms with Crippen LogP contribution in [-0.2, 0) is 5.67 Å². The van der Waals surface area contributed by atoms with E-state index < -0.39 is 5.67 Å². The van der Waals surface area contributed by atoms with Gasteiger partial charge >= 0.3 is 0 Å². The molecule has 0 aliphatic carbocycles. The van der Waals surface area contributed by atoms with Crippen LogP contribution in [0, 0.1) is 0 Å². The van der Waals surface area contributed by atoms with Gasteiger partial charge in [0.25, 0.3) is 0 Å². The van der Waals surface area contributed by atoms with Crippen LogP contribution < -0.4 is 5.73 Å². The molecular formula is C11H13FN2. The van der Waals surface area contributed by atoms with Crippen molar-refractivity contribution in [2.45, 2.75) is 12.6 Å². The lowest BCUT2D eigenvalue weighted by Gasteiger charge is -2.15. The van der Waals surface area contributed by atoms with Crippen LogP contribution in [0.4, 0.5) is 4.39 Å². The highest BCUT2D eigenvalue weighted by atomic mass is 19.1. The number of aromatic amines is 1. The van der Waals surface area contributed by atoms with Crippen LogP contribution in [0.25, 0.3) is 10.9 Å². The van der Waals surface area contributed by atoms with Crippen molar-refractivity contribution in [2.75, 3.05) is 6.54 Å². The average molecular weight is 192 g/mol. The number of para-hydroxylation sites is 1. The van der Waals surface area contributed by atoms with E-state index in [9.17, 15) is 4.39 Å². The van der Waals surface area contributed by atoms with Gasteiger partial charge in [-0.25, -0.2) is 4.39 Å². The maximum Gasteiger partial charge on any atom is 0.159 e. The fraction of sp³-hybridized carbons (Fsp3) is 0.273. The van der Waals surface area contributed by atoms with Gasteiger partial charge in [0.2, 0.25) is 0 Å². The van der Waals surface area contributed by atoms with Crippen molar-refractivity contribution in [1.29, 1.82) is 0 Å². The zero-order valence-electron chi connectivity index (χ0n) is 8.05. The van der Waals surface area contributed by atoms with Crippen molar-refractivity contribution in [3.63, 3.8) is 0 Å². The van der Waals surface area contributed by atoms with Gasteiger partial charge in [0.15, 0.2) is 5.67 Å². The molecule has 1 atom stereocenters. The molecule has 0 bridgehead atoms. The normalized spacial score (nSPS) is 15.6. The second kappa shape index (κ2) is 3.10. The van der Waals surface area contributed by atoms with E-state index in [0.717, 1.165) is 10.9 Å². The summed E-state index contributed by atoms with van der Waals surface area (Å²) in [4.78, 5) is 3.03. The summed E-state index contributed by atoms with van der Waals surface area (Å²) in [7, 11) is 0. The van der Waals surface area contributed by atoms with Crippen LogP contribution in [0.15, 0.2) is 30.3 Å². The number of halogens is 1. The largest absolute Gasteiger partial charge is 0.356 e. The summed E-state index contributed by atoms with van der Waals surface area (Å²) < 4.78 is 13.8. The number of alkyl halides is 1. The molecule has 1 aromatic carbocycles. The fourth-order valence-corrected chi connectivity index (χ4v) is 1.46. The van der Waals surface area contributed by atoms with Crippen molar-refractivity contribution in [2.24, 2.45) is 5.73 Å². The molecule has 0 fully saturated rings. The minimum absolute atomic E-state index is 0.0141. The van der Waals surface area contributed by atoms with Gasteiger partial charge in [-0.1, -0.05) is 18.2 Å². The lowest BCUT2D eigenvalue weighted by molar-refractivity contribution is 0.198. The SMILES string of the molecule is CC(F)(CN)c1cc2ccccc2[nH]1. The van der Waals surface area contributed by atoms with Crippen molar-refractivity contribution < 1.29 is 4.39 Å². The van der Waals surface area contributed by atoms with Gasteiger partial charge in [0.05, 0.1) is 5.69 Å². The molecule has 1 heterocycles. The zero-order chi connectivity index (χ0) is 10.2. The summed E-state index contributed by atoms with van der Waals surface area (Å²) >= 11 is 0. The van der Waals surface area contributed by atoms with Gasteiger partial charge in [-0.15, -0.1) is 0 Å². The Morgan fingerprint density at radius 3 is 2.79 bits per heavy atom. The van der Waals surface area contributed by atoms with E-state index >= 15 is 0 Å². The van der Waals surface area contributed by atoms with Gasteiger partial charge in [0, 0.05) is 12.1 Å². The molecule has 0 radical (unpaired) electrons. The van der Waals surface area contributed by atoms with E-state index in [1.165, 1.54) is 6.92 Å². The summed E-state index contributed by atoms with van der Waals surface area (Å²) in [5.74, 6) is 0. The quantitative estimate of drug-likeness (QED) is 0.753. The number of H-pyrrole nitrogens is 1. The second-order valence-electron chi connectivity index (χ2n) is 3.67. The van der Waals surface area contributed by atoms with Gasteiger partial charge < -0.3 is 10.7 Å². The zero-order valence-corrected chi connectivity index (χ0v) is 8.05. The van der Waals surface area contributed by atoms with Crippen molar-refractivity contribution in [1.82, 2.24) is 4.98 Å². The highest BCUT2D eigenvalue weighted by Gasteiger charge is 2.25. The second-order valence-corrected chi connectivity index (χ2v) is 3.67. The van der Waals surface area contributed by atoms with Crippen LogP contribution in [0.3, 0.4) is 0 Å². The van der Waals surface area contributed by atoms with Gasteiger partial charge in [-0.3, -0.25) is 0 Å². The number of rotatable bonds is 2. The molecule has 2 rings (SSSR count). The number of hydrogen-bond acceptors (Lipinski definition) is 1. The number of benzene rings is 1. The molecule has 2 nitrogen and oxygen atoms in total. The van der Waals surface area contributed by atoms with E-state index in [1.54, 1.807) is 0 Å². The minimum atomic E-state index is -1.47. The molecule has 1 aromatic heterocycles. The first kappa shape index (κ1) is 9.21. The summed E-state index contributed by atoms with van der Waals surface area (Å²) in [5, 5.41) is 1.01. The lowest BCUT2D eigenvalue weighted by Crippen LogP contribution is -2.26. The molecule has 3 heteroatoms. The smallest absolute Gasteiger partial charge is 0.159 e. The Bertz CT molecular complexity index is 412. The molecular weight excluding hydrogens is 179 g/mol. The average Bonchev–Trinajstić information content (AvgIpc) is 2.61. The fourth-order valence-electron chi connectivity index (χ4n) is 1.46. The predicted octanol–water partition coefficient (Wildman–Crippen LogP) is 2.31. The summed E-state index contributed by atoms with van der Waals surface area (Å²) in [6.07, 6.45) is 0. The molecule has 0 aliphatic heterocycles. The molecule has 3 N–H and O–H groups in total. The first-order valence-corrected chi connectivity index (χ1v) is 4.61. The third kappa shape index (κ3) is 1.40. The number of nitrogens with two attached hydrogens (primary N) is 1. The van der Waals surface area contributed by atoms with Crippen LogP contribution in [0.5, 0.6) is 0 Å². The topological polar surface area (TPSA) is 41.8 Å². The van der Waals surface area contributed by atoms with Crippen LogP contribution in [0.2, 0.25) is 0 Å². The Labute approximate surface area is 81.9 Å². The first-order chi connectivity index (χ1) is 6.63. The van der Waals surface area contributed by atoms with Crippen molar-refractivity contribution in [3.8, 4) is 0 Å². The highest BCUT2D eigenvalue weighted by Crippen LogP contribution is 2.26. The van der Waals surface area contributed by atoms with Crippen LogP contribution in [0.1, 0.15) is 12.6 Å². The monoisotopic (exact) mass is 192 g/mol. The van der Waals surface area contributed by atoms with Crippen LogP contribution >= 0.6 is 0 Å². The molecule has 1 unspecified atom stereocenters. The van der Waals surface area contributed by atoms with Gasteiger partial charge in [-0.05, 0) is 24.4 Å². The summed E-state index contributed by atoms with van der Waals surface area (Å²) in [5.41, 5.74) is 5.38. The molecule has 0 spiro atoms. The Hall–Kier alpha value is -1.35. The van der Waals surface area contributed by atoms with E-state index in [4.69, 9.17) is 5.73 Å². The molecule has 0 aliphatic rings. The van der Waals surface area contributed by atoms with E-state index in [0.29, 0.717) is 5.69 Å². The van der Waals surface area contributed by atoms with Gasteiger partial charge in [-0.2, -0.15) is 0 Å². The predicted molar refractivity (Wildman–Crippen MR) is 55.8 cm³/mol. The highest BCUT2D eigenvalue weighted by molar-refractivity contribution is 5.80. The molecule has 74 valence electrons. The molecule has 0 amide bonds. The van der Waals surface area contributed by atoms with Crippen molar-refractivity contribution in [3.05, 3.63) is 36.0 Å². The third-order valence-corrected chi connectivity index (χ3v) is 2.47. The molecule has 0 saturated heterocycles. The Morgan fingerprint density at radius 2 is 2.14 bits per heavy atom. The number of nitrogens with one attached hydrogen (secondary N) is 1. The Kier molecular flexibility index (Phi) is 2.04. The number of aromatic nitrogens is 1. The molecule has 2 aromatic rings. The standard InChI is InChI=1S/C11H13FN2/c1-11(12,7-13)10-6-8-4-2-3-5-9(8)14-10/h2-6,14H,7,13H2,1H3. The lowest BCUT2D eigenvalue weighted by atomic mass is 10.1. The number of fused-ring (bicyclic) bond motifs is 1. The van der Waals surface area contributed by atoms with Crippen molar-refractivity contribution >= 4 is 10.9 Å². The Balaban J connectivity index is 2.55. The minimum Gasteiger partial charge on any atom is -0.356 e. The third-order valence-electron chi connectivity index (χ3n) is 2.47. The van der Waals surface area contributed by atoms with Crippen LogP contribution in [-0.4, -0.2) is 11.5 Å². The Morgan fingerprint density at radius 1 is 1.43 bits per heavy atom. The molecule has 0 saturated carbocycles. The van der Waals surface area contributed by atoms with E-state index in [1.807, 2.05) is 30.3 Å². The summed E-state index contributed by atoms with van der Waals surface area (Å²) in [6.45, 7) is 1.47. The summed E-state index contributed by atoms with van der Waals surface area (Å²) in [6, 6.07) is 9.52. The first-order valence-electron chi connectivity index (χ1n) is 4.61. The maximum atomic E-state index is 13.8. The van der Waals surface area contributed by atoms with Gasteiger partial charge in [0.1, 0.15) is 0 Å². The number of hydrogen-bond donors (Lipinski definition) is 2. The maximum absolute atomic E-state index is 13.8. The molecule has 14 heavy (non-hydrogen) atoms. The van der Waals surface area contributed by atoms with E-state index in [2.05, 4.69) is 4.98 Å². The van der Waals surface area contributed by atoms with E-state index in [-0.39, 0.29) is 6.54 Å².